The fourth-order valence-corrected chi connectivity index (χ4v) is 0.866. The van der Waals surface area contributed by atoms with Crippen molar-refractivity contribution in [2.75, 3.05) is 0 Å². The third-order valence-electron chi connectivity index (χ3n) is 1.57. The molecule has 84 valence electrons. The molecule has 4 N–H and O–H groups in total. The van der Waals surface area contributed by atoms with Gasteiger partial charge in [-0.25, -0.2) is 9.18 Å². The average molecular weight is 223 g/mol. The van der Waals surface area contributed by atoms with Crippen LogP contribution in [0.2, 0.25) is 0 Å². The molecule has 0 radical (unpaired) electrons. The Morgan fingerprint density at radius 2 is 2.06 bits per heavy atom. The highest BCUT2D eigenvalue weighted by atomic mass is 19.1. The minimum Gasteiger partial charge on any atom is -0.410 e. The zero-order valence-electron chi connectivity index (χ0n) is 8.24. The van der Waals surface area contributed by atoms with E-state index in [4.69, 9.17) is 15.9 Å². The van der Waals surface area contributed by atoms with Gasteiger partial charge in [-0.1, -0.05) is 18.2 Å². The van der Waals surface area contributed by atoms with Crippen molar-refractivity contribution < 1.29 is 13.9 Å². The van der Waals surface area contributed by atoms with E-state index in [0.717, 1.165) is 0 Å². The number of carbonyl (C=O) groups is 1. The number of nitrogens with two attached hydrogens (primary N) is 1. The number of halogens is 1. The standard InChI is InChI=1S/C10H10FN3O2/c11-8(6-12)9(13)14-10(15)16-7-4-2-1-3-5-7/h1-6H,12H2,(H2,13,14,15). The molecule has 0 atom stereocenters. The van der Waals surface area contributed by atoms with Crippen LogP contribution in [0.1, 0.15) is 0 Å². The van der Waals surface area contributed by atoms with Crippen LogP contribution in [0.3, 0.4) is 0 Å². The molecule has 0 fully saturated rings. The number of carbonyl (C=O) groups excluding carboxylic acids is 1. The SMILES string of the molecule is N=C(NC(=O)Oc1ccccc1)C(F)=CN. The highest BCUT2D eigenvalue weighted by Crippen LogP contribution is 2.08. The van der Waals surface area contributed by atoms with Gasteiger partial charge in [0.15, 0.2) is 11.7 Å². The Morgan fingerprint density at radius 1 is 1.44 bits per heavy atom. The molecule has 0 saturated heterocycles. The van der Waals surface area contributed by atoms with Gasteiger partial charge in [-0.15, -0.1) is 0 Å². The lowest BCUT2D eigenvalue weighted by Gasteiger charge is -2.05. The number of amides is 1. The topological polar surface area (TPSA) is 88.2 Å². The molecule has 0 heterocycles. The molecule has 1 rings (SSSR count). The minimum absolute atomic E-state index is 0.296. The fraction of sp³-hybridized carbons (Fsp3) is 0. The minimum atomic E-state index is -1.04. The Balaban J connectivity index is 2.52. The Bertz CT molecular complexity index is 417. The second-order valence-corrected chi connectivity index (χ2v) is 2.72. The van der Waals surface area contributed by atoms with Gasteiger partial charge in [0.25, 0.3) is 0 Å². The number of rotatable bonds is 2. The van der Waals surface area contributed by atoms with Crippen molar-refractivity contribution >= 4 is 11.9 Å². The van der Waals surface area contributed by atoms with E-state index in [1.54, 1.807) is 30.3 Å². The molecule has 1 amide bonds. The second kappa shape index (κ2) is 5.50. The number of nitrogens with one attached hydrogen (secondary N) is 2. The van der Waals surface area contributed by atoms with Crippen LogP contribution in [-0.2, 0) is 0 Å². The zero-order valence-corrected chi connectivity index (χ0v) is 8.24. The first kappa shape index (κ1) is 11.7. The molecule has 1 aromatic rings. The van der Waals surface area contributed by atoms with Crippen molar-refractivity contribution in [2.45, 2.75) is 0 Å². The van der Waals surface area contributed by atoms with Gasteiger partial charge in [-0.3, -0.25) is 10.7 Å². The van der Waals surface area contributed by atoms with Gasteiger partial charge in [0, 0.05) is 6.20 Å². The third-order valence-corrected chi connectivity index (χ3v) is 1.57. The third kappa shape index (κ3) is 3.41. The predicted molar refractivity (Wildman–Crippen MR) is 56.7 cm³/mol. The number of hydrogen-bond donors (Lipinski definition) is 3. The van der Waals surface area contributed by atoms with Crippen LogP contribution in [0.4, 0.5) is 9.18 Å². The van der Waals surface area contributed by atoms with Gasteiger partial charge in [0.2, 0.25) is 0 Å². The smallest absolute Gasteiger partial charge is 0.410 e. The van der Waals surface area contributed by atoms with Crippen LogP contribution >= 0.6 is 0 Å². The summed E-state index contributed by atoms with van der Waals surface area (Å²) in [5.41, 5.74) is 4.83. The molecular formula is C10H10FN3O2. The van der Waals surface area contributed by atoms with Crippen molar-refractivity contribution in [2.24, 2.45) is 5.73 Å². The lowest BCUT2D eigenvalue weighted by atomic mass is 10.3. The van der Waals surface area contributed by atoms with Gasteiger partial charge >= 0.3 is 6.09 Å². The van der Waals surface area contributed by atoms with Crippen LogP contribution in [0.25, 0.3) is 0 Å². The molecule has 0 unspecified atom stereocenters. The van der Waals surface area contributed by atoms with Gasteiger partial charge in [0.05, 0.1) is 0 Å². The molecule has 5 nitrogen and oxygen atoms in total. The highest BCUT2D eigenvalue weighted by Gasteiger charge is 2.10. The summed E-state index contributed by atoms with van der Waals surface area (Å²) < 4.78 is 17.4. The maximum absolute atomic E-state index is 12.7. The first-order chi connectivity index (χ1) is 7.63. The monoisotopic (exact) mass is 223 g/mol. The number of ether oxygens (including phenoxy) is 1. The van der Waals surface area contributed by atoms with Crippen molar-refractivity contribution in [3.8, 4) is 5.75 Å². The van der Waals surface area contributed by atoms with E-state index in [9.17, 15) is 9.18 Å². The average Bonchev–Trinajstić information content (AvgIpc) is 2.29. The molecule has 0 aromatic heterocycles. The summed E-state index contributed by atoms with van der Waals surface area (Å²) in [6.07, 6.45) is -0.376. The van der Waals surface area contributed by atoms with Crippen molar-refractivity contribution in [3.05, 3.63) is 42.4 Å². The van der Waals surface area contributed by atoms with Crippen LogP contribution in [-0.4, -0.2) is 11.9 Å². The van der Waals surface area contributed by atoms with E-state index >= 15 is 0 Å². The van der Waals surface area contributed by atoms with Crippen molar-refractivity contribution in [3.63, 3.8) is 0 Å². The van der Waals surface area contributed by atoms with Gasteiger partial charge in [-0.2, -0.15) is 0 Å². The number of amidine groups is 1. The van der Waals surface area contributed by atoms with Crippen LogP contribution in [0, 0.1) is 5.41 Å². The fourth-order valence-electron chi connectivity index (χ4n) is 0.866. The lowest BCUT2D eigenvalue weighted by Crippen LogP contribution is -2.33. The number of hydrogen-bond acceptors (Lipinski definition) is 4. The summed E-state index contributed by atoms with van der Waals surface area (Å²) in [5, 5.41) is 8.93. The van der Waals surface area contributed by atoms with E-state index in [1.807, 2.05) is 5.32 Å². The zero-order chi connectivity index (χ0) is 12.0. The summed E-state index contributed by atoms with van der Waals surface area (Å²) >= 11 is 0. The van der Waals surface area contributed by atoms with Crippen molar-refractivity contribution in [1.82, 2.24) is 5.32 Å². The summed E-state index contributed by atoms with van der Waals surface area (Å²) in [7, 11) is 0. The van der Waals surface area contributed by atoms with Crippen LogP contribution < -0.4 is 15.8 Å². The molecule has 0 saturated carbocycles. The largest absolute Gasteiger partial charge is 0.418 e. The Kier molecular flexibility index (Phi) is 4.02. The lowest BCUT2D eigenvalue weighted by molar-refractivity contribution is 0.206. The van der Waals surface area contributed by atoms with Gasteiger partial charge in [0.1, 0.15) is 5.75 Å². The molecular weight excluding hydrogens is 213 g/mol. The molecule has 6 heteroatoms. The van der Waals surface area contributed by atoms with Crippen molar-refractivity contribution in [1.29, 1.82) is 5.41 Å². The summed E-state index contributed by atoms with van der Waals surface area (Å²) in [5.74, 6) is -1.49. The molecule has 0 bridgehead atoms. The normalized spacial score (nSPS) is 10.7. The van der Waals surface area contributed by atoms with E-state index in [-0.39, 0.29) is 0 Å². The predicted octanol–water partition coefficient (Wildman–Crippen LogP) is 1.52. The number of benzene rings is 1. The van der Waals surface area contributed by atoms with E-state index < -0.39 is 17.8 Å². The Morgan fingerprint density at radius 3 is 2.62 bits per heavy atom. The molecule has 0 aliphatic heterocycles. The molecule has 16 heavy (non-hydrogen) atoms. The first-order valence-electron chi connectivity index (χ1n) is 4.33. The van der Waals surface area contributed by atoms with Gasteiger partial charge in [-0.05, 0) is 12.1 Å². The summed E-state index contributed by atoms with van der Waals surface area (Å²) in [6, 6.07) is 8.21. The van der Waals surface area contributed by atoms with Crippen LogP contribution in [0.5, 0.6) is 5.75 Å². The Hall–Kier alpha value is -2.37. The highest BCUT2D eigenvalue weighted by molar-refractivity contribution is 6.03. The Labute approximate surface area is 91.2 Å². The second-order valence-electron chi connectivity index (χ2n) is 2.72. The summed E-state index contributed by atoms with van der Waals surface area (Å²) in [4.78, 5) is 11.1. The molecule has 0 aliphatic carbocycles. The van der Waals surface area contributed by atoms with E-state index in [1.165, 1.54) is 0 Å². The quantitative estimate of drug-likeness (QED) is 0.524. The number of para-hydroxylation sites is 1. The van der Waals surface area contributed by atoms with Crippen LogP contribution in [0.15, 0.2) is 42.4 Å². The molecule has 1 aromatic carbocycles. The molecule has 0 spiro atoms. The maximum Gasteiger partial charge on any atom is 0.418 e. The van der Waals surface area contributed by atoms with E-state index in [0.29, 0.717) is 11.9 Å². The summed E-state index contributed by atoms with van der Waals surface area (Å²) in [6.45, 7) is 0. The maximum atomic E-state index is 12.7. The first-order valence-corrected chi connectivity index (χ1v) is 4.33. The van der Waals surface area contributed by atoms with E-state index in [2.05, 4.69) is 0 Å². The van der Waals surface area contributed by atoms with Gasteiger partial charge < -0.3 is 10.5 Å². The molecule has 0 aliphatic rings.